The van der Waals surface area contributed by atoms with Crippen molar-refractivity contribution in [2.75, 3.05) is 44.2 Å². The summed E-state index contributed by atoms with van der Waals surface area (Å²) in [5, 5.41) is 3.18. The molecular formula is C23H28F2N4O. The molecule has 30 heavy (non-hydrogen) atoms. The van der Waals surface area contributed by atoms with Crippen LogP contribution in [0.3, 0.4) is 0 Å². The Bertz CT molecular complexity index is 848. The summed E-state index contributed by atoms with van der Waals surface area (Å²) in [4.78, 5) is 19.1. The van der Waals surface area contributed by atoms with Crippen LogP contribution in [-0.4, -0.2) is 61.1 Å². The molecule has 0 saturated carbocycles. The first-order valence-electron chi connectivity index (χ1n) is 10.6. The van der Waals surface area contributed by atoms with E-state index in [1.54, 1.807) is 6.07 Å². The molecule has 0 aromatic heterocycles. The first-order valence-corrected chi connectivity index (χ1v) is 10.6. The summed E-state index contributed by atoms with van der Waals surface area (Å²) in [6.45, 7) is 5.36. The summed E-state index contributed by atoms with van der Waals surface area (Å²) in [5.41, 5.74) is 1.97. The highest BCUT2D eigenvalue weighted by Crippen LogP contribution is 2.18. The number of benzene rings is 2. The first kappa shape index (κ1) is 20.6. The Kier molecular flexibility index (Phi) is 6.47. The molecule has 2 heterocycles. The fourth-order valence-electron chi connectivity index (χ4n) is 4.20. The number of carbonyl (C=O) groups is 1. The van der Waals surface area contributed by atoms with Crippen LogP contribution >= 0.6 is 0 Å². The molecule has 2 aromatic carbocycles. The minimum Gasteiger partial charge on any atom is -0.368 e. The molecule has 0 spiro atoms. The lowest BCUT2D eigenvalue weighted by Gasteiger charge is -2.38. The highest BCUT2D eigenvalue weighted by atomic mass is 19.2. The third-order valence-corrected chi connectivity index (χ3v) is 5.99. The van der Waals surface area contributed by atoms with Crippen molar-refractivity contribution in [2.45, 2.75) is 25.4 Å². The monoisotopic (exact) mass is 414 g/mol. The summed E-state index contributed by atoms with van der Waals surface area (Å²) in [6.07, 6.45) is 1.72. The summed E-state index contributed by atoms with van der Waals surface area (Å²) in [6, 6.07) is 14.5. The van der Waals surface area contributed by atoms with Crippen molar-refractivity contribution in [1.29, 1.82) is 0 Å². The second kappa shape index (κ2) is 9.43. The lowest BCUT2D eigenvalue weighted by molar-refractivity contribution is 0.167. The maximum atomic E-state index is 13.4. The number of urea groups is 1. The molecule has 0 aliphatic carbocycles. The van der Waals surface area contributed by atoms with Crippen molar-refractivity contribution in [2.24, 2.45) is 0 Å². The summed E-state index contributed by atoms with van der Waals surface area (Å²) < 4.78 is 26.5. The van der Waals surface area contributed by atoms with Crippen molar-refractivity contribution in [3.05, 3.63) is 65.7 Å². The quantitative estimate of drug-likeness (QED) is 0.833. The lowest BCUT2D eigenvalue weighted by Crippen LogP contribution is -2.54. The second-order valence-corrected chi connectivity index (χ2v) is 8.06. The smallest absolute Gasteiger partial charge is 0.317 e. The summed E-state index contributed by atoms with van der Waals surface area (Å²) in [5.74, 6) is -1.62. The van der Waals surface area contributed by atoms with Crippen molar-refractivity contribution in [3.63, 3.8) is 0 Å². The van der Waals surface area contributed by atoms with Gasteiger partial charge in [0.1, 0.15) is 0 Å². The van der Waals surface area contributed by atoms with Gasteiger partial charge in [-0.05, 0) is 42.7 Å². The van der Waals surface area contributed by atoms with Crippen LogP contribution < -0.4 is 10.2 Å². The van der Waals surface area contributed by atoms with Crippen LogP contribution in [0.4, 0.5) is 19.3 Å². The maximum absolute atomic E-state index is 13.4. The zero-order chi connectivity index (χ0) is 20.9. The third-order valence-electron chi connectivity index (χ3n) is 5.99. The minimum atomic E-state index is -0.815. The van der Waals surface area contributed by atoms with Crippen molar-refractivity contribution < 1.29 is 13.6 Å². The van der Waals surface area contributed by atoms with Gasteiger partial charge in [-0.2, -0.15) is 0 Å². The van der Waals surface area contributed by atoms with E-state index in [2.05, 4.69) is 27.2 Å². The minimum absolute atomic E-state index is 0.0155. The number of amides is 2. The van der Waals surface area contributed by atoms with E-state index in [9.17, 15) is 13.6 Å². The molecule has 5 nitrogen and oxygen atoms in total. The van der Waals surface area contributed by atoms with E-state index in [0.717, 1.165) is 57.7 Å². The van der Waals surface area contributed by atoms with Crippen molar-refractivity contribution in [3.8, 4) is 0 Å². The summed E-state index contributed by atoms with van der Waals surface area (Å²) >= 11 is 0. The fraction of sp³-hybridized carbons (Fsp3) is 0.435. The molecular weight excluding hydrogens is 386 g/mol. The molecule has 0 atom stereocenters. The number of rotatable bonds is 4. The van der Waals surface area contributed by atoms with E-state index >= 15 is 0 Å². The fourth-order valence-corrected chi connectivity index (χ4v) is 4.20. The Hall–Kier alpha value is -2.67. The highest BCUT2D eigenvalue weighted by Gasteiger charge is 2.25. The zero-order valence-corrected chi connectivity index (χ0v) is 17.1. The number of piperidine rings is 1. The number of para-hydroxylation sites is 1. The van der Waals surface area contributed by atoms with Crippen LogP contribution in [0.25, 0.3) is 0 Å². The van der Waals surface area contributed by atoms with E-state index in [4.69, 9.17) is 0 Å². The molecule has 160 valence electrons. The Balaban J connectivity index is 1.19. The number of likely N-dealkylation sites (tertiary alicyclic amines) is 1. The number of piperazine rings is 1. The van der Waals surface area contributed by atoms with Gasteiger partial charge in [0.05, 0.1) is 0 Å². The van der Waals surface area contributed by atoms with Crippen molar-refractivity contribution >= 4 is 11.7 Å². The average molecular weight is 415 g/mol. The molecule has 4 rings (SSSR count). The molecule has 2 saturated heterocycles. The molecule has 0 radical (unpaired) electrons. The lowest BCUT2D eigenvalue weighted by atomic mass is 10.0. The van der Waals surface area contributed by atoms with Crippen LogP contribution in [0, 0.1) is 11.6 Å². The normalized spacial score (nSPS) is 18.5. The highest BCUT2D eigenvalue weighted by molar-refractivity contribution is 5.75. The molecule has 1 N–H and O–H groups in total. The van der Waals surface area contributed by atoms with Crippen molar-refractivity contribution in [1.82, 2.24) is 15.1 Å². The van der Waals surface area contributed by atoms with Gasteiger partial charge < -0.3 is 15.1 Å². The molecule has 2 fully saturated rings. The number of hydrogen-bond donors (Lipinski definition) is 1. The van der Waals surface area contributed by atoms with E-state index in [1.807, 2.05) is 23.1 Å². The van der Waals surface area contributed by atoms with Gasteiger partial charge in [0.15, 0.2) is 11.6 Å². The summed E-state index contributed by atoms with van der Waals surface area (Å²) in [7, 11) is 0. The van der Waals surface area contributed by atoms with Gasteiger partial charge in [0.25, 0.3) is 0 Å². The Morgan fingerprint density at radius 2 is 1.60 bits per heavy atom. The Morgan fingerprint density at radius 3 is 2.27 bits per heavy atom. The topological polar surface area (TPSA) is 38.8 Å². The molecule has 0 bridgehead atoms. The molecule has 7 heteroatoms. The van der Waals surface area contributed by atoms with Gasteiger partial charge in [0.2, 0.25) is 0 Å². The molecule has 2 aliphatic rings. The SMILES string of the molecule is O=C(NC1CCN(Cc2ccc(F)c(F)c2)CC1)N1CCN(c2ccccc2)CC1. The van der Waals surface area contributed by atoms with Crippen LogP contribution in [0.2, 0.25) is 0 Å². The van der Waals surface area contributed by atoms with E-state index < -0.39 is 11.6 Å². The second-order valence-electron chi connectivity index (χ2n) is 8.06. The maximum Gasteiger partial charge on any atom is 0.317 e. The zero-order valence-electron chi connectivity index (χ0n) is 17.1. The van der Waals surface area contributed by atoms with Gasteiger partial charge in [-0.25, -0.2) is 13.6 Å². The molecule has 2 amide bonds. The standard InChI is InChI=1S/C23H28F2N4O/c24-21-7-6-18(16-22(21)25)17-27-10-8-19(9-11-27)26-23(30)29-14-12-28(13-15-29)20-4-2-1-3-5-20/h1-7,16,19H,8-15,17H2,(H,26,30). The predicted molar refractivity (Wildman–Crippen MR) is 113 cm³/mol. The number of halogens is 2. The molecule has 2 aliphatic heterocycles. The average Bonchev–Trinajstić information content (AvgIpc) is 2.78. The number of nitrogens with one attached hydrogen (secondary N) is 1. The van der Waals surface area contributed by atoms with Crippen LogP contribution in [0.1, 0.15) is 18.4 Å². The van der Waals surface area contributed by atoms with E-state index in [1.165, 1.54) is 17.8 Å². The largest absolute Gasteiger partial charge is 0.368 e. The number of anilines is 1. The van der Waals surface area contributed by atoms with E-state index in [0.29, 0.717) is 6.54 Å². The number of carbonyl (C=O) groups excluding carboxylic acids is 1. The van der Waals surface area contributed by atoms with Crippen LogP contribution in [0.5, 0.6) is 0 Å². The molecule has 2 aromatic rings. The third kappa shape index (κ3) is 5.08. The van der Waals surface area contributed by atoms with Gasteiger partial charge in [-0.1, -0.05) is 24.3 Å². The van der Waals surface area contributed by atoms with Gasteiger partial charge in [0, 0.05) is 57.5 Å². The first-order chi connectivity index (χ1) is 14.6. The van der Waals surface area contributed by atoms with Gasteiger partial charge in [-0.3, -0.25) is 4.90 Å². The number of nitrogens with zero attached hydrogens (tertiary/aromatic N) is 3. The van der Waals surface area contributed by atoms with Gasteiger partial charge >= 0.3 is 6.03 Å². The number of hydrogen-bond acceptors (Lipinski definition) is 3. The predicted octanol–water partition coefficient (Wildman–Crippen LogP) is 3.46. The van der Waals surface area contributed by atoms with Crippen LogP contribution in [-0.2, 0) is 6.54 Å². The van der Waals surface area contributed by atoms with Crippen LogP contribution in [0.15, 0.2) is 48.5 Å². The Morgan fingerprint density at radius 1 is 0.900 bits per heavy atom. The van der Waals surface area contributed by atoms with E-state index in [-0.39, 0.29) is 12.1 Å². The van der Waals surface area contributed by atoms with Gasteiger partial charge in [-0.15, -0.1) is 0 Å². The Labute approximate surface area is 176 Å². The molecule has 0 unspecified atom stereocenters.